The molecule has 0 aliphatic heterocycles. The van der Waals surface area contributed by atoms with Crippen molar-refractivity contribution < 1.29 is 23.9 Å². The second kappa shape index (κ2) is 11.3. The lowest BCUT2D eigenvalue weighted by Gasteiger charge is -2.20. The van der Waals surface area contributed by atoms with Gasteiger partial charge in [-0.3, -0.25) is 14.4 Å². The number of ketones is 1. The fourth-order valence-electron chi connectivity index (χ4n) is 2.04. The molecular formula is C18H24N2O5S. The molecular weight excluding hydrogens is 356 g/mol. The van der Waals surface area contributed by atoms with Gasteiger partial charge in [0.05, 0.1) is 17.9 Å². The van der Waals surface area contributed by atoms with Crippen LogP contribution in [0.2, 0.25) is 0 Å². The van der Waals surface area contributed by atoms with Gasteiger partial charge in [-0.1, -0.05) is 12.1 Å². The molecule has 0 unspecified atom stereocenters. The number of nitrogens with zero attached hydrogens (tertiary/aromatic N) is 1. The zero-order valence-corrected chi connectivity index (χ0v) is 16.1. The predicted octanol–water partition coefficient (Wildman–Crippen LogP) is 1.51. The summed E-state index contributed by atoms with van der Waals surface area (Å²) in [6.07, 6.45) is 0. The number of carbonyl (C=O) groups excluding carboxylic acids is 4. The van der Waals surface area contributed by atoms with Gasteiger partial charge in [0.1, 0.15) is 5.78 Å². The van der Waals surface area contributed by atoms with Crippen LogP contribution in [0, 0.1) is 0 Å². The summed E-state index contributed by atoms with van der Waals surface area (Å²) in [5.41, 5.74) is 0.304. The average molecular weight is 380 g/mol. The number of amides is 2. The van der Waals surface area contributed by atoms with Crippen molar-refractivity contribution in [3.8, 4) is 0 Å². The number of thioether (sulfide) groups is 1. The fourth-order valence-corrected chi connectivity index (χ4v) is 2.88. The molecule has 0 aromatic heterocycles. The Balaban J connectivity index is 2.66. The molecule has 0 heterocycles. The van der Waals surface area contributed by atoms with Crippen LogP contribution in [-0.2, 0) is 19.1 Å². The van der Waals surface area contributed by atoms with Gasteiger partial charge in [-0.05, 0) is 32.9 Å². The molecule has 1 N–H and O–H groups in total. The van der Waals surface area contributed by atoms with E-state index in [0.29, 0.717) is 23.5 Å². The van der Waals surface area contributed by atoms with E-state index in [2.05, 4.69) is 5.32 Å². The van der Waals surface area contributed by atoms with Crippen LogP contribution in [-0.4, -0.2) is 60.5 Å². The van der Waals surface area contributed by atoms with Crippen molar-refractivity contribution in [2.24, 2.45) is 0 Å². The number of rotatable bonds is 10. The maximum absolute atomic E-state index is 12.3. The van der Waals surface area contributed by atoms with Crippen LogP contribution >= 0.6 is 11.8 Å². The monoisotopic (exact) mass is 380 g/mol. The third kappa shape index (κ3) is 7.26. The van der Waals surface area contributed by atoms with Crippen molar-refractivity contribution in [2.75, 3.05) is 32.0 Å². The van der Waals surface area contributed by atoms with Crippen LogP contribution < -0.4 is 5.32 Å². The minimum atomic E-state index is -0.640. The highest BCUT2D eigenvalue weighted by molar-refractivity contribution is 8.00. The number of hydrogen-bond acceptors (Lipinski definition) is 6. The third-order valence-electron chi connectivity index (χ3n) is 3.31. The van der Waals surface area contributed by atoms with E-state index >= 15 is 0 Å². The molecule has 142 valence electrons. The molecule has 0 fully saturated rings. The first-order valence-corrected chi connectivity index (χ1v) is 9.30. The molecule has 0 saturated carbocycles. The van der Waals surface area contributed by atoms with Gasteiger partial charge in [0.25, 0.3) is 5.91 Å². The molecule has 0 aliphatic carbocycles. The molecule has 0 radical (unpaired) electrons. The summed E-state index contributed by atoms with van der Waals surface area (Å²) in [6.45, 7) is 5.29. The quantitative estimate of drug-likeness (QED) is 0.489. The van der Waals surface area contributed by atoms with Crippen LogP contribution in [0.25, 0.3) is 0 Å². The molecule has 0 aliphatic rings. The Hall–Kier alpha value is -2.35. The molecule has 0 spiro atoms. The summed E-state index contributed by atoms with van der Waals surface area (Å²) in [7, 11) is 0. The fraction of sp³-hybridized carbons (Fsp3) is 0.444. The Morgan fingerprint density at radius 1 is 1.15 bits per heavy atom. The van der Waals surface area contributed by atoms with Crippen LogP contribution in [0.5, 0.6) is 0 Å². The molecule has 0 atom stereocenters. The highest BCUT2D eigenvalue weighted by atomic mass is 32.2. The summed E-state index contributed by atoms with van der Waals surface area (Å²) < 4.78 is 5.10. The Morgan fingerprint density at radius 3 is 2.46 bits per heavy atom. The second-order valence-electron chi connectivity index (χ2n) is 5.42. The van der Waals surface area contributed by atoms with Crippen LogP contribution in [0.3, 0.4) is 0 Å². The Labute approximate surface area is 157 Å². The molecule has 7 nitrogen and oxygen atoms in total. The van der Waals surface area contributed by atoms with Gasteiger partial charge in [0.2, 0.25) is 5.91 Å². The topological polar surface area (TPSA) is 92.8 Å². The minimum absolute atomic E-state index is 0.00251. The Kier molecular flexibility index (Phi) is 9.43. The third-order valence-corrected chi connectivity index (χ3v) is 4.53. The van der Waals surface area contributed by atoms with Gasteiger partial charge in [-0.25, -0.2) is 4.79 Å². The van der Waals surface area contributed by atoms with E-state index in [1.54, 1.807) is 38.1 Å². The van der Waals surface area contributed by atoms with E-state index in [1.165, 1.54) is 23.6 Å². The molecule has 1 aromatic carbocycles. The molecule has 0 saturated heterocycles. The van der Waals surface area contributed by atoms with E-state index < -0.39 is 18.5 Å². The van der Waals surface area contributed by atoms with Gasteiger partial charge < -0.3 is 15.0 Å². The van der Waals surface area contributed by atoms with Gasteiger partial charge in [0, 0.05) is 18.0 Å². The normalized spacial score (nSPS) is 10.1. The number of nitrogens with one attached hydrogen (secondary N) is 1. The molecule has 8 heteroatoms. The van der Waals surface area contributed by atoms with Crippen molar-refractivity contribution in [3.63, 3.8) is 0 Å². The van der Waals surface area contributed by atoms with E-state index in [4.69, 9.17) is 4.74 Å². The van der Waals surface area contributed by atoms with Gasteiger partial charge in [-0.2, -0.15) is 0 Å². The maximum atomic E-state index is 12.3. The number of esters is 1. The predicted molar refractivity (Wildman–Crippen MR) is 99.1 cm³/mol. The summed E-state index contributed by atoms with van der Waals surface area (Å²) in [4.78, 5) is 49.1. The first-order valence-electron chi connectivity index (χ1n) is 8.31. The van der Waals surface area contributed by atoms with Crippen molar-refractivity contribution >= 4 is 35.3 Å². The Morgan fingerprint density at radius 2 is 1.85 bits per heavy atom. The van der Waals surface area contributed by atoms with Crippen LogP contribution in [0.1, 0.15) is 31.1 Å². The number of benzene rings is 1. The first kappa shape index (κ1) is 21.7. The molecule has 0 bridgehead atoms. The van der Waals surface area contributed by atoms with Gasteiger partial charge in [0.15, 0.2) is 6.61 Å². The van der Waals surface area contributed by atoms with E-state index in [0.717, 1.165) is 0 Å². The summed E-state index contributed by atoms with van der Waals surface area (Å²) in [5, 5.41) is 2.62. The molecule has 1 rings (SSSR count). The SMILES string of the molecule is CCNC(=O)CN(CC)C(=O)COC(=O)c1ccccc1SCC(C)=O. The van der Waals surface area contributed by atoms with Crippen molar-refractivity contribution in [3.05, 3.63) is 29.8 Å². The first-order chi connectivity index (χ1) is 12.4. The number of ether oxygens (including phenoxy) is 1. The number of likely N-dealkylation sites (N-methyl/N-ethyl adjacent to an activating group) is 2. The summed E-state index contributed by atoms with van der Waals surface area (Å²) >= 11 is 1.24. The van der Waals surface area contributed by atoms with Gasteiger partial charge in [-0.15, -0.1) is 11.8 Å². The smallest absolute Gasteiger partial charge is 0.339 e. The van der Waals surface area contributed by atoms with E-state index in [-0.39, 0.29) is 24.0 Å². The van der Waals surface area contributed by atoms with Gasteiger partial charge >= 0.3 is 5.97 Å². The van der Waals surface area contributed by atoms with Crippen LogP contribution in [0.15, 0.2) is 29.2 Å². The number of carbonyl (C=O) groups is 4. The number of hydrogen-bond donors (Lipinski definition) is 1. The van der Waals surface area contributed by atoms with Crippen molar-refractivity contribution in [1.29, 1.82) is 0 Å². The van der Waals surface area contributed by atoms with E-state index in [1.807, 2.05) is 0 Å². The lowest BCUT2D eigenvalue weighted by Crippen LogP contribution is -2.42. The lowest BCUT2D eigenvalue weighted by atomic mass is 10.2. The van der Waals surface area contributed by atoms with Crippen molar-refractivity contribution in [1.82, 2.24) is 10.2 Å². The summed E-state index contributed by atoms with van der Waals surface area (Å²) in [6, 6.07) is 6.75. The zero-order chi connectivity index (χ0) is 19.5. The van der Waals surface area contributed by atoms with E-state index in [9.17, 15) is 19.2 Å². The highest BCUT2D eigenvalue weighted by Crippen LogP contribution is 2.23. The van der Waals surface area contributed by atoms with Crippen LogP contribution in [0.4, 0.5) is 0 Å². The maximum Gasteiger partial charge on any atom is 0.339 e. The lowest BCUT2D eigenvalue weighted by molar-refractivity contribution is -0.138. The highest BCUT2D eigenvalue weighted by Gasteiger charge is 2.19. The standard InChI is InChI=1S/C18H24N2O5S/c1-4-19-16(22)10-20(5-2)17(23)11-25-18(24)14-8-6-7-9-15(14)26-12-13(3)21/h6-9H,4-5,10-12H2,1-3H3,(H,19,22). The average Bonchev–Trinajstić information content (AvgIpc) is 2.62. The number of Topliss-reactive ketones (excluding diaryl/α,β-unsaturated/α-hetero) is 1. The summed E-state index contributed by atoms with van der Waals surface area (Å²) in [5.74, 6) is -1.10. The zero-order valence-electron chi connectivity index (χ0n) is 15.2. The van der Waals surface area contributed by atoms with Crippen molar-refractivity contribution in [2.45, 2.75) is 25.7 Å². The molecule has 2 amide bonds. The molecule has 26 heavy (non-hydrogen) atoms. The second-order valence-corrected chi connectivity index (χ2v) is 6.44. The minimum Gasteiger partial charge on any atom is -0.452 e. The largest absolute Gasteiger partial charge is 0.452 e. The Bertz CT molecular complexity index is 663. The molecule has 1 aromatic rings.